The van der Waals surface area contributed by atoms with Crippen molar-refractivity contribution in [3.63, 3.8) is 0 Å². The van der Waals surface area contributed by atoms with Crippen LogP contribution < -0.4 is 4.90 Å². The summed E-state index contributed by atoms with van der Waals surface area (Å²) in [6.45, 7) is 0.0727. The maximum atomic E-state index is 11.0. The van der Waals surface area contributed by atoms with E-state index >= 15 is 0 Å². The SMILES string of the molecule is CN(Cc1ccccc1Cl)c1nc(Cl)nc2c1ncn2[C@@H]1O[C@H](COCP(=O)(O)O)[C@@H](O)[C@H]1O. The van der Waals surface area contributed by atoms with Crippen molar-refractivity contribution in [2.75, 3.05) is 24.9 Å². The molecule has 1 aromatic carbocycles. The Kier molecular flexibility index (Phi) is 7.44. The van der Waals surface area contributed by atoms with Crippen molar-refractivity contribution < 1.29 is 34.0 Å². The summed E-state index contributed by atoms with van der Waals surface area (Å²) in [6.07, 6.45) is -4.36. The summed E-state index contributed by atoms with van der Waals surface area (Å²) >= 11 is 12.5. The Bertz CT molecular complexity index is 1220. The third-order valence-corrected chi connectivity index (χ3v) is 6.31. The molecular weight excluding hydrogens is 512 g/mol. The number of imidazole rings is 1. The Morgan fingerprint density at radius 3 is 2.65 bits per heavy atom. The standard InChI is InChI=1S/C19H22Cl2N5O7P/c1-25(6-10-4-2-3-5-11(10)20)16-13-17(24-19(21)23-16)26(8-22-13)18-15(28)14(27)12(33-18)7-32-9-34(29,30)31/h2-5,8,12,14-15,18,27-28H,6-7,9H2,1H3,(H2,29,30,31)/t12-,14-,15-,18-/m1/s1. The van der Waals surface area contributed by atoms with Crippen LogP contribution in [0.3, 0.4) is 0 Å². The predicted molar refractivity (Wildman–Crippen MR) is 123 cm³/mol. The van der Waals surface area contributed by atoms with E-state index in [1.807, 2.05) is 18.2 Å². The minimum Gasteiger partial charge on any atom is -0.387 e. The smallest absolute Gasteiger partial charge is 0.350 e. The summed E-state index contributed by atoms with van der Waals surface area (Å²) < 4.78 is 23.0. The molecule has 12 nitrogen and oxygen atoms in total. The number of benzene rings is 1. The fourth-order valence-corrected chi connectivity index (χ4v) is 4.37. The summed E-state index contributed by atoms with van der Waals surface area (Å²) in [5, 5.41) is 21.4. The van der Waals surface area contributed by atoms with Crippen LogP contribution in [0.1, 0.15) is 11.8 Å². The van der Waals surface area contributed by atoms with E-state index in [9.17, 15) is 14.8 Å². The van der Waals surface area contributed by atoms with E-state index in [4.69, 9.17) is 42.5 Å². The highest BCUT2D eigenvalue weighted by Crippen LogP contribution is 2.36. The van der Waals surface area contributed by atoms with Gasteiger partial charge in [0.2, 0.25) is 5.28 Å². The van der Waals surface area contributed by atoms with Crippen LogP contribution in [0.5, 0.6) is 0 Å². The van der Waals surface area contributed by atoms with Crippen molar-refractivity contribution in [3.8, 4) is 0 Å². The topological polar surface area (TPSA) is 163 Å². The van der Waals surface area contributed by atoms with Gasteiger partial charge in [0.25, 0.3) is 0 Å². The first-order chi connectivity index (χ1) is 16.0. The highest BCUT2D eigenvalue weighted by atomic mass is 35.5. The Morgan fingerprint density at radius 1 is 1.21 bits per heavy atom. The Balaban J connectivity index is 1.59. The number of nitrogens with zero attached hydrogens (tertiary/aromatic N) is 5. The number of fused-ring (bicyclic) bond motifs is 1. The van der Waals surface area contributed by atoms with Gasteiger partial charge in [0, 0.05) is 18.6 Å². The van der Waals surface area contributed by atoms with E-state index in [-0.39, 0.29) is 17.5 Å². The molecule has 4 atom stereocenters. The van der Waals surface area contributed by atoms with Gasteiger partial charge in [0.15, 0.2) is 23.2 Å². The van der Waals surface area contributed by atoms with Crippen molar-refractivity contribution in [3.05, 3.63) is 46.5 Å². The second-order valence-electron chi connectivity index (χ2n) is 7.80. The average Bonchev–Trinajstić information content (AvgIpc) is 3.30. The van der Waals surface area contributed by atoms with Gasteiger partial charge < -0.3 is 34.4 Å². The van der Waals surface area contributed by atoms with E-state index in [2.05, 4.69) is 15.0 Å². The largest absolute Gasteiger partial charge is 0.387 e. The van der Waals surface area contributed by atoms with Crippen LogP contribution in [0.4, 0.5) is 5.82 Å². The number of anilines is 1. The van der Waals surface area contributed by atoms with Crippen molar-refractivity contribution in [2.45, 2.75) is 31.1 Å². The van der Waals surface area contributed by atoms with E-state index in [0.717, 1.165) is 5.56 Å². The van der Waals surface area contributed by atoms with Crippen LogP contribution >= 0.6 is 30.8 Å². The number of aliphatic hydroxyl groups is 2. The number of hydrogen-bond donors (Lipinski definition) is 4. The Labute approximate surface area is 203 Å². The molecule has 1 aliphatic heterocycles. The third kappa shape index (κ3) is 5.35. The molecular formula is C19H22Cl2N5O7P. The monoisotopic (exact) mass is 533 g/mol. The summed E-state index contributed by atoms with van der Waals surface area (Å²) in [5.41, 5.74) is 1.50. The lowest BCUT2D eigenvalue weighted by molar-refractivity contribution is -0.0612. The number of halogens is 2. The van der Waals surface area contributed by atoms with Gasteiger partial charge in [-0.25, -0.2) is 4.98 Å². The van der Waals surface area contributed by atoms with Gasteiger partial charge in [-0.15, -0.1) is 0 Å². The van der Waals surface area contributed by atoms with Crippen LogP contribution in [-0.4, -0.2) is 77.8 Å². The first-order valence-corrected chi connectivity index (χ1v) is 12.6. The molecule has 1 aliphatic rings. The second-order valence-corrected chi connectivity index (χ2v) is 10.1. The molecule has 1 fully saturated rings. The van der Waals surface area contributed by atoms with Gasteiger partial charge >= 0.3 is 7.60 Å². The summed E-state index contributed by atoms with van der Waals surface area (Å²) in [4.78, 5) is 32.5. The van der Waals surface area contributed by atoms with Crippen molar-refractivity contribution in [1.82, 2.24) is 19.5 Å². The minimum absolute atomic E-state index is 0.0650. The van der Waals surface area contributed by atoms with Gasteiger partial charge in [-0.3, -0.25) is 9.13 Å². The molecule has 4 N–H and O–H groups in total. The molecule has 0 saturated carbocycles. The number of aliphatic hydroxyl groups excluding tert-OH is 2. The highest BCUT2D eigenvalue weighted by Gasteiger charge is 2.44. The summed E-state index contributed by atoms with van der Waals surface area (Å²) in [7, 11) is -2.59. The molecule has 3 heterocycles. The van der Waals surface area contributed by atoms with Crippen molar-refractivity contribution in [2.24, 2.45) is 0 Å². The predicted octanol–water partition coefficient (Wildman–Crippen LogP) is 1.54. The summed E-state index contributed by atoms with van der Waals surface area (Å²) in [6, 6.07) is 7.37. The lowest BCUT2D eigenvalue weighted by atomic mass is 10.1. The first-order valence-electron chi connectivity index (χ1n) is 10.0. The zero-order chi connectivity index (χ0) is 24.6. The zero-order valence-electron chi connectivity index (χ0n) is 17.8. The highest BCUT2D eigenvalue weighted by molar-refractivity contribution is 7.51. The third-order valence-electron chi connectivity index (χ3n) is 5.26. The maximum Gasteiger partial charge on any atom is 0.350 e. The lowest BCUT2D eigenvalue weighted by Gasteiger charge is -2.20. The fourth-order valence-electron chi connectivity index (χ4n) is 3.67. The van der Waals surface area contributed by atoms with E-state index in [0.29, 0.717) is 22.9 Å². The number of hydrogen-bond acceptors (Lipinski definition) is 9. The van der Waals surface area contributed by atoms with E-state index in [1.54, 1.807) is 18.0 Å². The van der Waals surface area contributed by atoms with Crippen LogP contribution in [-0.2, 0) is 20.6 Å². The van der Waals surface area contributed by atoms with Crippen molar-refractivity contribution >= 4 is 47.8 Å². The molecule has 4 rings (SSSR count). The van der Waals surface area contributed by atoms with E-state index in [1.165, 1.54) is 10.9 Å². The van der Waals surface area contributed by atoms with Crippen LogP contribution in [0.2, 0.25) is 10.3 Å². The van der Waals surface area contributed by atoms with Crippen LogP contribution in [0, 0.1) is 0 Å². The molecule has 3 aromatic rings. The van der Waals surface area contributed by atoms with Crippen LogP contribution in [0.25, 0.3) is 11.2 Å². The molecule has 0 unspecified atom stereocenters. The Hall–Kier alpha value is -1.86. The summed E-state index contributed by atoms with van der Waals surface area (Å²) in [5.74, 6) is 0.420. The van der Waals surface area contributed by atoms with Gasteiger partial charge in [0.05, 0.1) is 12.9 Å². The molecule has 0 spiro atoms. The number of ether oxygens (including phenoxy) is 2. The average molecular weight is 534 g/mol. The van der Waals surface area contributed by atoms with Crippen LogP contribution in [0.15, 0.2) is 30.6 Å². The molecule has 0 amide bonds. The molecule has 0 radical (unpaired) electrons. The molecule has 2 aromatic heterocycles. The minimum atomic E-state index is -4.38. The van der Waals surface area contributed by atoms with Gasteiger partial charge in [-0.05, 0) is 23.2 Å². The molecule has 0 bridgehead atoms. The maximum absolute atomic E-state index is 11.0. The fraction of sp³-hybridized carbons (Fsp3) is 0.421. The van der Waals surface area contributed by atoms with Gasteiger partial charge in [-0.1, -0.05) is 29.8 Å². The quantitative estimate of drug-likeness (QED) is 0.245. The number of rotatable bonds is 8. The van der Waals surface area contributed by atoms with E-state index < -0.39 is 38.5 Å². The number of aromatic nitrogens is 4. The van der Waals surface area contributed by atoms with Gasteiger partial charge in [-0.2, -0.15) is 9.97 Å². The molecule has 0 aliphatic carbocycles. The Morgan fingerprint density at radius 2 is 1.94 bits per heavy atom. The molecule has 15 heteroatoms. The first kappa shape index (κ1) is 25.2. The second kappa shape index (κ2) is 10.0. The lowest BCUT2D eigenvalue weighted by Crippen LogP contribution is -2.33. The normalized spacial score (nSPS) is 23.0. The molecule has 1 saturated heterocycles. The van der Waals surface area contributed by atoms with Crippen molar-refractivity contribution in [1.29, 1.82) is 0 Å². The zero-order valence-corrected chi connectivity index (χ0v) is 20.2. The van der Waals surface area contributed by atoms with Gasteiger partial charge in [0.1, 0.15) is 24.7 Å². The molecule has 184 valence electrons. The molecule has 34 heavy (non-hydrogen) atoms.